The van der Waals surface area contributed by atoms with Gasteiger partial charge in [0.25, 0.3) is 0 Å². The molecule has 0 aliphatic carbocycles. The van der Waals surface area contributed by atoms with Crippen molar-refractivity contribution in [3.05, 3.63) is 22.2 Å². The molecule has 1 aromatic carbocycles. The van der Waals surface area contributed by atoms with Gasteiger partial charge in [0.05, 0.1) is 11.4 Å². The third-order valence-electron chi connectivity index (χ3n) is 2.81. The fraction of sp³-hybridized carbons (Fsp3) is 0.417. The van der Waals surface area contributed by atoms with Crippen LogP contribution in [0.3, 0.4) is 0 Å². The number of fused-ring (bicyclic) bond motifs is 1. The minimum absolute atomic E-state index is 0.0995. The van der Waals surface area contributed by atoms with E-state index in [1.807, 2.05) is 11.0 Å². The Kier molecular flexibility index (Phi) is 3.19. The zero-order chi connectivity index (χ0) is 11.7. The van der Waals surface area contributed by atoms with Gasteiger partial charge in [-0.25, -0.2) is 0 Å². The molecule has 0 saturated carbocycles. The van der Waals surface area contributed by atoms with Crippen molar-refractivity contribution in [1.82, 2.24) is 0 Å². The molecule has 0 atom stereocenters. The molecule has 16 heavy (non-hydrogen) atoms. The van der Waals surface area contributed by atoms with E-state index in [0.29, 0.717) is 0 Å². The molecule has 0 radical (unpaired) electrons. The standard InChI is InChI=1S/C12H15BrN2O/c1-8-6-10(13)7-11-12(8)14-4-3-5-15(11)9(2)16/h6-7,14H,3-5H2,1-2H3. The highest BCUT2D eigenvalue weighted by Crippen LogP contribution is 2.34. The Balaban J connectivity index is 2.55. The number of nitrogens with zero attached hydrogens (tertiary/aromatic N) is 1. The van der Waals surface area contributed by atoms with Crippen LogP contribution in [-0.4, -0.2) is 19.0 Å². The lowest BCUT2D eigenvalue weighted by Gasteiger charge is -2.22. The average Bonchev–Trinajstić information content (AvgIpc) is 2.39. The summed E-state index contributed by atoms with van der Waals surface area (Å²) in [4.78, 5) is 13.5. The molecule has 86 valence electrons. The molecule has 2 rings (SSSR count). The van der Waals surface area contributed by atoms with Crippen LogP contribution in [0.4, 0.5) is 11.4 Å². The number of benzene rings is 1. The molecule has 0 spiro atoms. The maximum Gasteiger partial charge on any atom is 0.223 e. The third-order valence-corrected chi connectivity index (χ3v) is 3.27. The first-order valence-electron chi connectivity index (χ1n) is 5.41. The molecule has 0 aromatic heterocycles. The molecule has 3 nitrogen and oxygen atoms in total. The smallest absolute Gasteiger partial charge is 0.223 e. The summed E-state index contributed by atoms with van der Waals surface area (Å²) in [6.07, 6.45) is 0.977. The molecule has 1 amide bonds. The van der Waals surface area contributed by atoms with Gasteiger partial charge < -0.3 is 10.2 Å². The van der Waals surface area contributed by atoms with Crippen molar-refractivity contribution in [2.24, 2.45) is 0 Å². The molecule has 1 aromatic rings. The second-order valence-corrected chi connectivity index (χ2v) is 4.98. The van der Waals surface area contributed by atoms with Crippen LogP contribution < -0.4 is 10.2 Å². The largest absolute Gasteiger partial charge is 0.383 e. The van der Waals surface area contributed by atoms with Gasteiger partial charge >= 0.3 is 0 Å². The molecule has 1 N–H and O–H groups in total. The Morgan fingerprint density at radius 1 is 1.50 bits per heavy atom. The first kappa shape index (κ1) is 11.5. The topological polar surface area (TPSA) is 32.3 Å². The predicted octanol–water partition coefficient (Wildman–Crippen LogP) is 2.93. The molecule has 0 unspecified atom stereocenters. The quantitative estimate of drug-likeness (QED) is 0.794. The highest BCUT2D eigenvalue weighted by Gasteiger charge is 2.19. The lowest BCUT2D eigenvalue weighted by Crippen LogP contribution is -2.29. The Morgan fingerprint density at radius 3 is 2.94 bits per heavy atom. The molecular weight excluding hydrogens is 268 g/mol. The Morgan fingerprint density at radius 2 is 2.25 bits per heavy atom. The van der Waals surface area contributed by atoms with Crippen molar-refractivity contribution in [3.8, 4) is 0 Å². The summed E-state index contributed by atoms with van der Waals surface area (Å²) >= 11 is 3.48. The van der Waals surface area contributed by atoms with E-state index < -0.39 is 0 Å². The van der Waals surface area contributed by atoms with E-state index in [4.69, 9.17) is 0 Å². The minimum Gasteiger partial charge on any atom is -0.383 e. The number of amides is 1. The molecule has 4 heteroatoms. The fourth-order valence-corrected chi connectivity index (χ4v) is 2.63. The molecule has 1 heterocycles. The predicted molar refractivity (Wildman–Crippen MR) is 70.0 cm³/mol. The number of anilines is 2. The number of hydrogen-bond acceptors (Lipinski definition) is 2. The van der Waals surface area contributed by atoms with Gasteiger partial charge in [-0.15, -0.1) is 0 Å². The maximum atomic E-state index is 11.6. The Bertz CT molecular complexity index is 431. The van der Waals surface area contributed by atoms with E-state index in [1.165, 1.54) is 0 Å². The van der Waals surface area contributed by atoms with Crippen LogP contribution in [0, 0.1) is 6.92 Å². The number of carbonyl (C=O) groups excluding carboxylic acids is 1. The van der Waals surface area contributed by atoms with Crippen LogP contribution in [0.5, 0.6) is 0 Å². The van der Waals surface area contributed by atoms with E-state index in [-0.39, 0.29) is 5.91 Å². The van der Waals surface area contributed by atoms with Gasteiger partial charge in [0, 0.05) is 24.5 Å². The number of nitrogens with one attached hydrogen (secondary N) is 1. The van der Waals surface area contributed by atoms with Gasteiger partial charge in [0.15, 0.2) is 0 Å². The molecule has 0 bridgehead atoms. The van der Waals surface area contributed by atoms with Crippen molar-refractivity contribution >= 4 is 33.2 Å². The van der Waals surface area contributed by atoms with Crippen LogP contribution in [0.25, 0.3) is 0 Å². The van der Waals surface area contributed by atoms with Crippen molar-refractivity contribution in [1.29, 1.82) is 0 Å². The molecule has 0 fully saturated rings. The summed E-state index contributed by atoms with van der Waals surface area (Å²) in [7, 11) is 0. The lowest BCUT2D eigenvalue weighted by molar-refractivity contribution is -0.116. The van der Waals surface area contributed by atoms with Crippen LogP contribution >= 0.6 is 15.9 Å². The molecule has 1 aliphatic rings. The summed E-state index contributed by atoms with van der Waals surface area (Å²) in [6.45, 7) is 5.37. The summed E-state index contributed by atoms with van der Waals surface area (Å²) in [5, 5.41) is 3.39. The van der Waals surface area contributed by atoms with E-state index in [0.717, 1.165) is 40.9 Å². The zero-order valence-electron chi connectivity index (χ0n) is 9.51. The zero-order valence-corrected chi connectivity index (χ0v) is 11.1. The normalized spacial score (nSPS) is 15.1. The van der Waals surface area contributed by atoms with Crippen molar-refractivity contribution in [3.63, 3.8) is 0 Å². The number of halogens is 1. The second kappa shape index (κ2) is 4.45. The van der Waals surface area contributed by atoms with Crippen molar-refractivity contribution in [2.45, 2.75) is 20.3 Å². The first-order valence-corrected chi connectivity index (χ1v) is 6.21. The SMILES string of the molecule is CC(=O)N1CCCNc2c(C)cc(Br)cc21. The Labute approximate surface area is 104 Å². The van der Waals surface area contributed by atoms with E-state index in [1.54, 1.807) is 6.92 Å². The van der Waals surface area contributed by atoms with Gasteiger partial charge in [-0.2, -0.15) is 0 Å². The summed E-state index contributed by atoms with van der Waals surface area (Å²) in [6, 6.07) is 4.07. The summed E-state index contributed by atoms with van der Waals surface area (Å²) < 4.78 is 1.01. The second-order valence-electron chi connectivity index (χ2n) is 4.07. The number of hydrogen-bond donors (Lipinski definition) is 1. The van der Waals surface area contributed by atoms with Crippen molar-refractivity contribution in [2.75, 3.05) is 23.3 Å². The van der Waals surface area contributed by atoms with Crippen LogP contribution in [0.15, 0.2) is 16.6 Å². The van der Waals surface area contributed by atoms with Crippen LogP contribution in [0.1, 0.15) is 18.9 Å². The number of rotatable bonds is 0. The van der Waals surface area contributed by atoms with Crippen molar-refractivity contribution < 1.29 is 4.79 Å². The highest BCUT2D eigenvalue weighted by atomic mass is 79.9. The summed E-state index contributed by atoms with van der Waals surface area (Å²) in [5.74, 6) is 0.0995. The van der Waals surface area contributed by atoms with Crippen LogP contribution in [-0.2, 0) is 4.79 Å². The minimum atomic E-state index is 0.0995. The third kappa shape index (κ3) is 2.07. The monoisotopic (exact) mass is 282 g/mol. The van der Waals surface area contributed by atoms with E-state index >= 15 is 0 Å². The molecular formula is C12H15BrN2O. The van der Waals surface area contributed by atoms with E-state index in [2.05, 4.69) is 34.2 Å². The van der Waals surface area contributed by atoms with Gasteiger partial charge in [0.2, 0.25) is 5.91 Å². The molecule has 0 saturated heterocycles. The fourth-order valence-electron chi connectivity index (χ4n) is 2.07. The summed E-state index contributed by atoms with van der Waals surface area (Å²) in [5.41, 5.74) is 3.23. The lowest BCUT2D eigenvalue weighted by atomic mass is 10.1. The van der Waals surface area contributed by atoms with Crippen LogP contribution in [0.2, 0.25) is 0 Å². The maximum absolute atomic E-state index is 11.6. The van der Waals surface area contributed by atoms with Gasteiger partial charge in [-0.05, 0) is 31.0 Å². The van der Waals surface area contributed by atoms with Gasteiger partial charge in [-0.1, -0.05) is 15.9 Å². The van der Waals surface area contributed by atoms with Gasteiger partial charge in [0.1, 0.15) is 0 Å². The van der Waals surface area contributed by atoms with Gasteiger partial charge in [-0.3, -0.25) is 4.79 Å². The molecule has 1 aliphatic heterocycles. The number of aryl methyl sites for hydroxylation is 1. The highest BCUT2D eigenvalue weighted by molar-refractivity contribution is 9.10. The average molecular weight is 283 g/mol. The first-order chi connectivity index (χ1) is 7.59. The van der Waals surface area contributed by atoms with E-state index in [9.17, 15) is 4.79 Å². The Hall–Kier alpha value is -1.03. The number of carbonyl (C=O) groups is 1.